The summed E-state index contributed by atoms with van der Waals surface area (Å²) in [7, 11) is 0. The van der Waals surface area contributed by atoms with E-state index in [4.69, 9.17) is 23.4 Å². The Morgan fingerprint density at radius 2 is 1.60 bits per heavy atom. The van der Waals surface area contributed by atoms with Crippen molar-refractivity contribution in [1.29, 1.82) is 0 Å². The van der Waals surface area contributed by atoms with Crippen LogP contribution in [0.25, 0.3) is 11.0 Å². The molecule has 5 aliphatic rings. The lowest BCUT2D eigenvalue weighted by Gasteiger charge is -2.48. The molecule has 4 heterocycles. The number of rotatable bonds is 10. The molecule has 4 aromatic carbocycles. The molecule has 1 saturated carbocycles. The number of carbonyl (C=O) groups is 2. The third-order valence-electron chi connectivity index (χ3n) is 14.8. The number of hydrogen-bond donors (Lipinski definition) is 3. The molecule has 0 unspecified atom stereocenters. The molecule has 5 aromatic rings. The van der Waals surface area contributed by atoms with Crippen LogP contribution in [0.5, 0.6) is 5.75 Å². The van der Waals surface area contributed by atoms with E-state index in [1.54, 1.807) is 19.1 Å². The van der Waals surface area contributed by atoms with E-state index in [9.17, 15) is 24.9 Å². The van der Waals surface area contributed by atoms with E-state index in [1.807, 2.05) is 13.0 Å². The second-order valence-electron chi connectivity index (χ2n) is 18.9. The molecule has 0 spiro atoms. The number of aryl methyl sites for hydroxylation is 1. The molecule has 2 aliphatic carbocycles. The normalized spacial score (nSPS) is 25.2. The SMILES string of the molecule is C/C(CO)=C1\CCc2ccc(cc2)[C@@H]2C=C[C@@H](c3cccc(Cc4ccccc4)c3)C[C@@H]2CC(=O)O[C@@H]2c3c(ccc4c(CO)c(CCOCO)c(=O)oc34)O[C@@](C)(C3CCCC3)[C@H]2OC1=O. The smallest absolute Gasteiger partial charge is 0.339 e. The number of aliphatic hydroxyl groups excluding tert-OH is 3. The van der Waals surface area contributed by atoms with E-state index in [1.165, 1.54) is 16.7 Å². The van der Waals surface area contributed by atoms with Gasteiger partial charge in [-0.05, 0) is 109 Å². The van der Waals surface area contributed by atoms with Gasteiger partial charge in [0.15, 0.2) is 12.2 Å². The van der Waals surface area contributed by atoms with Gasteiger partial charge in [0.25, 0.3) is 0 Å². The molecule has 0 radical (unpaired) electrons. The van der Waals surface area contributed by atoms with Gasteiger partial charge in [0.2, 0.25) is 0 Å². The van der Waals surface area contributed by atoms with E-state index in [0.717, 1.165) is 43.2 Å². The molecule has 10 rings (SSSR count). The molecule has 3 N–H and O–H groups in total. The minimum absolute atomic E-state index is 0.0102. The molecule has 11 heteroatoms. The molecule has 350 valence electrons. The highest BCUT2D eigenvalue weighted by Crippen LogP contribution is 2.53. The van der Waals surface area contributed by atoms with Gasteiger partial charge >= 0.3 is 17.6 Å². The van der Waals surface area contributed by atoms with E-state index in [2.05, 4.69) is 84.9 Å². The van der Waals surface area contributed by atoms with Gasteiger partial charge in [-0.1, -0.05) is 104 Å². The van der Waals surface area contributed by atoms with Gasteiger partial charge in [0.05, 0.1) is 25.4 Å². The second kappa shape index (κ2) is 20.2. The number of ether oxygens (including phenoxy) is 4. The number of esters is 2. The summed E-state index contributed by atoms with van der Waals surface area (Å²) >= 11 is 0. The first-order valence-corrected chi connectivity index (χ1v) is 23.8. The zero-order valence-corrected chi connectivity index (χ0v) is 38.3. The molecular formula is C56H60O11. The molecule has 6 atom stereocenters. The topological polar surface area (TPSA) is 162 Å². The van der Waals surface area contributed by atoms with Crippen LogP contribution in [0, 0.1) is 11.8 Å². The van der Waals surface area contributed by atoms with E-state index in [-0.39, 0.29) is 72.9 Å². The fraction of sp³-hybridized carbons (Fsp3) is 0.411. The van der Waals surface area contributed by atoms with Crippen molar-refractivity contribution in [3.8, 4) is 5.75 Å². The molecule has 1 aromatic heterocycles. The summed E-state index contributed by atoms with van der Waals surface area (Å²) < 4.78 is 31.8. The van der Waals surface area contributed by atoms with Gasteiger partial charge in [-0.2, -0.15) is 0 Å². The monoisotopic (exact) mass is 908 g/mol. The number of allylic oxidation sites excluding steroid dienone is 2. The molecule has 0 saturated heterocycles. The quantitative estimate of drug-likeness (QED) is 0.0306. The van der Waals surface area contributed by atoms with E-state index in [0.29, 0.717) is 40.7 Å². The Kier molecular flexibility index (Phi) is 13.9. The van der Waals surface area contributed by atoms with Crippen LogP contribution in [0.4, 0.5) is 0 Å². The van der Waals surface area contributed by atoms with Crippen LogP contribution < -0.4 is 10.4 Å². The first-order chi connectivity index (χ1) is 32.6. The maximum absolute atomic E-state index is 15.1. The summed E-state index contributed by atoms with van der Waals surface area (Å²) in [5.41, 5.74) is 5.33. The van der Waals surface area contributed by atoms with Gasteiger partial charge in [0.1, 0.15) is 23.7 Å². The third-order valence-corrected chi connectivity index (χ3v) is 14.8. The first kappa shape index (κ1) is 46.3. The first-order valence-electron chi connectivity index (χ1n) is 23.8. The van der Waals surface area contributed by atoms with Gasteiger partial charge < -0.3 is 38.7 Å². The Morgan fingerprint density at radius 1 is 0.821 bits per heavy atom. The Hall–Kier alpha value is -5.85. The van der Waals surface area contributed by atoms with Crippen molar-refractivity contribution in [3.63, 3.8) is 0 Å². The van der Waals surface area contributed by atoms with Crippen LogP contribution in [0.15, 0.2) is 124 Å². The standard InChI is InChI=1S/C56H60O11/c1-34(31-57)43-21-17-35-15-18-38(19-16-35)44-22-20-40(39-12-8-11-37(28-39)27-36-9-4-3-5-10-36)29-41(44)30-49(60)64-52-50-48(67-56(2,42-13-6-7-14-42)53(52)66-54(43)61)24-23-45-47(32-58)46(25-26-63-33-59)55(62)65-51(45)50/h3-5,8-12,15-16,18-20,22-24,28,40-42,44,52-53,57-59H,6-7,13-14,17,21,25-27,29-33H2,1-2H3/b43-34-/t40-,41-,44+,52-,53+,56+/m1/s1. The lowest BCUT2D eigenvalue weighted by atomic mass is 9.72. The highest BCUT2D eigenvalue weighted by atomic mass is 16.6. The number of aliphatic hydroxyl groups is 3. The van der Waals surface area contributed by atoms with Crippen LogP contribution in [-0.2, 0) is 49.7 Å². The lowest BCUT2D eigenvalue weighted by molar-refractivity contribution is -0.199. The van der Waals surface area contributed by atoms with Crippen molar-refractivity contribution < 1.29 is 48.3 Å². The van der Waals surface area contributed by atoms with Gasteiger partial charge in [0, 0.05) is 47.1 Å². The second-order valence-corrected chi connectivity index (χ2v) is 18.9. The fourth-order valence-electron chi connectivity index (χ4n) is 11.2. The van der Waals surface area contributed by atoms with Crippen molar-refractivity contribution in [2.45, 2.75) is 114 Å². The fourth-order valence-corrected chi connectivity index (χ4v) is 11.2. The minimum atomic E-state index is -1.29. The third kappa shape index (κ3) is 9.52. The van der Waals surface area contributed by atoms with Crippen molar-refractivity contribution in [2.75, 3.05) is 20.0 Å². The van der Waals surface area contributed by atoms with Crippen LogP contribution in [0.3, 0.4) is 0 Å². The van der Waals surface area contributed by atoms with Crippen LogP contribution >= 0.6 is 0 Å². The van der Waals surface area contributed by atoms with Gasteiger partial charge in [-0.3, -0.25) is 4.79 Å². The Bertz CT molecular complexity index is 2710. The zero-order chi connectivity index (χ0) is 46.7. The van der Waals surface area contributed by atoms with Gasteiger partial charge in [-0.15, -0.1) is 0 Å². The van der Waals surface area contributed by atoms with Crippen molar-refractivity contribution >= 4 is 22.9 Å². The van der Waals surface area contributed by atoms with Crippen molar-refractivity contribution in [2.24, 2.45) is 11.8 Å². The van der Waals surface area contributed by atoms with Crippen LogP contribution in [0.2, 0.25) is 0 Å². The number of hydrogen-bond acceptors (Lipinski definition) is 11. The average Bonchev–Trinajstić information content (AvgIpc) is 3.90. The molecule has 2 bridgehead atoms. The van der Waals surface area contributed by atoms with E-state index < -0.39 is 48.8 Å². The molecule has 1 fully saturated rings. The maximum Gasteiger partial charge on any atom is 0.339 e. The molecule has 0 amide bonds. The predicted molar refractivity (Wildman–Crippen MR) is 252 cm³/mol. The summed E-state index contributed by atoms with van der Waals surface area (Å²) in [6.07, 6.45) is 7.83. The Labute approximate surface area is 391 Å². The molecule has 3 aliphatic heterocycles. The molecule has 67 heavy (non-hydrogen) atoms. The minimum Gasteiger partial charge on any atom is -0.483 e. The molecule has 11 nitrogen and oxygen atoms in total. The Balaban J connectivity index is 1.16. The predicted octanol–water partition coefficient (Wildman–Crippen LogP) is 9.01. The number of benzene rings is 4. The number of fused-ring (bicyclic) bond motifs is 11. The van der Waals surface area contributed by atoms with Crippen LogP contribution in [-0.4, -0.2) is 59.0 Å². The highest BCUT2D eigenvalue weighted by Gasteiger charge is 2.57. The summed E-state index contributed by atoms with van der Waals surface area (Å²) in [6.45, 7) is 2.23. The Morgan fingerprint density at radius 3 is 2.34 bits per heavy atom. The van der Waals surface area contributed by atoms with Gasteiger partial charge in [-0.25, -0.2) is 9.59 Å². The maximum atomic E-state index is 15.1. The summed E-state index contributed by atoms with van der Waals surface area (Å²) in [4.78, 5) is 43.7. The highest BCUT2D eigenvalue weighted by molar-refractivity contribution is 5.90. The largest absolute Gasteiger partial charge is 0.483 e. The lowest BCUT2D eigenvalue weighted by Crippen LogP contribution is -2.58. The zero-order valence-electron chi connectivity index (χ0n) is 38.3. The molecular weight excluding hydrogens is 849 g/mol. The average molecular weight is 909 g/mol. The summed E-state index contributed by atoms with van der Waals surface area (Å²) in [5.74, 6) is -1.20. The summed E-state index contributed by atoms with van der Waals surface area (Å²) in [5, 5.41) is 30.9. The van der Waals surface area contributed by atoms with Crippen molar-refractivity contribution in [3.05, 3.63) is 169 Å². The summed E-state index contributed by atoms with van der Waals surface area (Å²) in [6, 6.07) is 30.9. The van der Waals surface area contributed by atoms with E-state index >= 15 is 4.79 Å². The van der Waals surface area contributed by atoms with Crippen LogP contribution in [0.1, 0.15) is 121 Å². The number of carbonyl (C=O) groups excluding carboxylic acids is 2. The van der Waals surface area contributed by atoms with Crippen molar-refractivity contribution in [1.82, 2.24) is 0 Å².